The Hall–Kier alpha value is -1.90. The van der Waals surface area contributed by atoms with Crippen LogP contribution in [0.2, 0.25) is 0 Å². The number of rotatable bonds is 7. The summed E-state index contributed by atoms with van der Waals surface area (Å²) in [5, 5.41) is 0. The molecule has 4 rings (SSSR count). The van der Waals surface area contributed by atoms with Crippen molar-refractivity contribution in [3.05, 3.63) is 64.2 Å². The first-order valence-electron chi connectivity index (χ1n) is 12.3. The maximum Gasteiger partial charge on any atom is 0.129 e. The summed E-state index contributed by atoms with van der Waals surface area (Å²) in [4.78, 5) is 0. The zero-order valence-electron chi connectivity index (χ0n) is 19.1. The average molecular weight is 427 g/mol. The molecule has 3 heteroatoms. The van der Waals surface area contributed by atoms with Gasteiger partial charge in [0.25, 0.3) is 0 Å². The zero-order valence-corrected chi connectivity index (χ0v) is 19.1. The predicted octanol–water partition coefficient (Wildman–Crippen LogP) is 8.10. The summed E-state index contributed by atoms with van der Waals surface area (Å²) in [6.45, 7) is 4.86. The van der Waals surface area contributed by atoms with E-state index in [2.05, 4.69) is 19.1 Å². The van der Waals surface area contributed by atoms with E-state index in [1.165, 1.54) is 43.2 Å². The molecule has 0 saturated heterocycles. The topological polar surface area (TPSA) is 9.23 Å². The second kappa shape index (κ2) is 10.1. The van der Waals surface area contributed by atoms with Crippen molar-refractivity contribution < 1.29 is 13.5 Å². The SMILES string of the molecule is CCCCC1CCC(c2cc(F)c(C3CCc4cc(OCC)ccc4C3)c(F)c2)CC1. The Kier molecular flexibility index (Phi) is 7.30. The summed E-state index contributed by atoms with van der Waals surface area (Å²) < 4.78 is 35.9. The van der Waals surface area contributed by atoms with Crippen molar-refractivity contribution in [2.75, 3.05) is 6.61 Å². The number of halogens is 2. The van der Waals surface area contributed by atoms with Gasteiger partial charge in [-0.05, 0) is 111 Å². The molecule has 0 radical (unpaired) electrons. The first-order valence-corrected chi connectivity index (χ1v) is 12.3. The maximum absolute atomic E-state index is 15.2. The third-order valence-electron chi connectivity index (χ3n) is 7.51. The average Bonchev–Trinajstić information content (AvgIpc) is 2.78. The standard InChI is InChI=1S/C28H36F2O/c1-3-5-6-19-7-9-20(10-8-19)24-17-26(29)28(27(30)18-24)23-12-11-22-16-25(31-4-2)14-13-21(22)15-23/h13-14,16-20,23H,3-12,15H2,1-2H3. The molecule has 1 unspecified atom stereocenters. The third kappa shape index (κ3) is 5.13. The molecule has 2 aliphatic rings. The van der Waals surface area contributed by atoms with Gasteiger partial charge in [-0.1, -0.05) is 32.3 Å². The Morgan fingerprint density at radius 3 is 2.29 bits per heavy atom. The van der Waals surface area contributed by atoms with Gasteiger partial charge < -0.3 is 4.74 Å². The molecule has 0 spiro atoms. The van der Waals surface area contributed by atoms with Crippen molar-refractivity contribution >= 4 is 0 Å². The number of ether oxygens (including phenoxy) is 1. The van der Waals surface area contributed by atoms with Crippen LogP contribution in [0.25, 0.3) is 0 Å². The third-order valence-corrected chi connectivity index (χ3v) is 7.51. The molecule has 0 aliphatic heterocycles. The lowest BCUT2D eigenvalue weighted by Gasteiger charge is -2.30. The van der Waals surface area contributed by atoms with Gasteiger partial charge in [0.2, 0.25) is 0 Å². The minimum Gasteiger partial charge on any atom is -0.494 e. The molecule has 0 heterocycles. The number of aryl methyl sites for hydroxylation is 1. The van der Waals surface area contributed by atoms with Crippen LogP contribution in [0.1, 0.15) is 99.3 Å². The van der Waals surface area contributed by atoms with Crippen molar-refractivity contribution in [3.63, 3.8) is 0 Å². The Morgan fingerprint density at radius 1 is 0.871 bits per heavy atom. The van der Waals surface area contributed by atoms with Gasteiger partial charge in [0.05, 0.1) is 6.61 Å². The molecule has 1 atom stereocenters. The van der Waals surface area contributed by atoms with Crippen LogP contribution in [-0.4, -0.2) is 6.61 Å². The molecule has 2 aliphatic carbocycles. The van der Waals surface area contributed by atoms with Crippen LogP contribution in [0.15, 0.2) is 30.3 Å². The molecule has 0 N–H and O–H groups in total. The fourth-order valence-corrected chi connectivity index (χ4v) is 5.74. The van der Waals surface area contributed by atoms with E-state index >= 15 is 8.78 Å². The van der Waals surface area contributed by atoms with Gasteiger partial charge in [-0.25, -0.2) is 8.78 Å². The lowest BCUT2D eigenvalue weighted by Crippen LogP contribution is -2.17. The van der Waals surface area contributed by atoms with Crippen molar-refractivity contribution in [2.24, 2.45) is 5.92 Å². The summed E-state index contributed by atoms with van der Waals surface area (Å²) in [6, 6.07) is 9.40. The van der Waals surface area contributed by atoms with E-state index in [1.807, 2.05) is 13.0 Å². The highest BCUT2D eigenvalue weighted by atomic mass is 19.1. The van der Waals surface area contributed by atoms with Crippen LogP contribution in [0.4, 0.5) is 8.78 Å². The van der Waals surface area contributed by atoms with E-state index in [0.717, 1.165) is 42.9 Å². The number of hydrogen-bond donors (Lipinski definition) is 0. The normalized spacial score (nSPS) is 23.4. The Bertz CT molecular complexity index is 860. The van der Waals surface area contributed by atoms with Crippen LogP contribution in [0, 0.1) is 17.6 Å². The summed E-state index contributed by atoms with van der Waals surface area (Å²) in [5.41, 5.74) is 3.60. The summed E-state index contributed by atoms with van der Waals surface area (Å²) in [5.74, 6) is 1.20. The Balaban J connectivity index is 1.46. The summed E-state index contributed by atoms with van der Waals surface area (Å²) >= 11 is 0. The highest BCUT2D eigenvalue weighted by Gasteiger charge is 2.28. The largest absolute Gasteiger partial charge is 0.494 e. The van der Waals surface area contributed by atoms with Crippen molar-refractivity contribution in [2.45, 2.75) is 89.9 Å². The second-order valence-electron chi connectivity index (χ2n) is 9.56. The fourth-order valence-electron chi connectivity index (χ4n) is 5.74. The molecule has 0 bridgehead atoms. The first-order chi connectivity index (χ1) is 15.1. The van der Waals surface area contributed by atoms with Crippen molar-refractivity contribution in [1.29, 1.82) is 0 Å². The number of benzene rings is 2. The summed E-state index contributed by atoms with van der Waals surface area (Å²) in [7, 11) is 0. The monoisotopic (exact) mass is 426 g/mol. The molecular weight excluding hydrogens is 390 g/mol. The van der Waals surface area contributed by atoms with Crippen molar-refractivity contribution in [1.82, 2.24) is 0 Å². The van der Waals surface area contributed by atoms with Gasteiger partial charge in [0.1, 0.15) is 17.4 Å². The molecule has 168 valence electrons. The lowest BCUT2D eigenvalue weighted by atomic mass is 9.76. The van der Waals surface area contributed by atoms with Crippen LogP contribution in [0.3, 0.4) is 0 Å². The Morgan fingerprint density at radius 2 is 1.61 bits per heavy atom. The van der Waals surface area contributed by atoms with Crippen LogP contribution >= 0.6 is 0 Å². The van der Waals surface area contributed by atoms with E-state index in [0.29, 0.717) is 24.5 Å². The van der Waals surface area contributed by atoms with E-state index in [9.17, 15) is 0 Å². The van der Waals surface area contributed by atoms with Crippen LogP contribution in [-0.2, 0) is 12.8 Å². The molecule has 2 aromatic carbocycles. The lowest BCUT2D eigenvalue weighted by molar-refractivity contribution is 0.303. The van der Waals surface area contributed by atoms with E-state index in [4.69, 9.17) is 4.74 Å². The second-order valence-corrected chi connectivity index (χ2v) is 9.56. The van der Waals surface area contributed by atoms with Gasteiger partial charge in [0.15, 0.2) is 0 Å². The van der Waals surface area contributed by atoms with E-state index in [1.54, 1.807) is 12.1 Å². The first kappa shape index (κ1) is 22.3. The van der Waals surface area contributed by atoms with E-state index < -0.39 is 0 Å². The van der Waals surface area contributed by atoms with Crippen LogP contribution in [0.5, 0.6) is 5.75 Å². The quantitative estimate of drug-likeness (QED) is 0.434. The van der Waals surface area contributed by atoms with Gasteiger partial charge >= 0.3 is 0 Å². The zero-order chi connectivity index (χ0) is 21.8. The molecule has 2 aromatic rings. The predicted molar refractivity (Wildman–Crippen MR) is 123 cm³/mol. The Labute approximate surface area is 186 Å². The van der Waals surface area contributed by atoms with Gasteiger partial charge in [-0.3, -0.25) is 0 Å². The van der Waals surface area contributed by atoms with Gasteiger partial charge in [-0.2, -0.15) is 0 Å². The fraction of sp³-hybridized carbons (Fsp3) is 0.571. The molecule has 1 saturated carbocycles. The number of unbranched alkanes of at least 4 members (excludes halogenated alkanes) is 1. The smallest absolute Gasteiger partial charge is 0.129 e. The number of hydrogen-bond acceptors (Lipinski definition) is 1. The molecule has 1 nitrogen and oxygen atoms in total. The number of fused-ring (bicyclic) bond motifs is 1. The molecule has 31 heavy (non-hydrogen) atoms. The molecule has 0 amide bonds. The summed E-state index contributed by atoms with van der Waals surface area (Å²) in [6.07, 6.45) is 10.7. The van der Waals surface area contributed by atoms with Gasteiger partial charge in [0, 0.05) is 5.56 Å². The maximum atomic E-state index is 15.2. The van der Waals surface area contributed by atoms with Crippen LogP contribution < -0.4 is 4.74 Å². The molecule has 0 aromatic heterocycles. The highest BCUT2D eigenvalue weighted by molar-refractivity contribution is 5.40. The molecular formula is C28H36F2O. The van der Waals surface area contributed by atoms with E-state index in [-0.39, 0.29) is 17.6 Å². The highest BCUT2D eigenvalue weighted by Crippen LogP contribution is 2.41. The minimum atomic E-state index is -0.345. The minimum absolute atomic E-state index is 0.0933. The van der Waals surface area contributed by atoms with Crippen molar-refractivity contribution in [3.8, 4) is 5.75 Å². The molecule has 1 fully saturated rings. The van der Waals surface area contributed by atoms with Gasteiger partial charge in [-0.15, -0.1) is 0 Å².